The minimum atomic E-state index is -1.32. The molecule has 41 heavy (non-hydrogen) atoms. The first-order chi connectivity index (χ1) is 20.0. The number of aromatic nitrogens is 2. The van der Waals surface area contributed by atoms with Crippen molar-refractivity contribution in [1.29, 1.82) is 0 Å². The van der Waals surface area contributed by atoms with Gasteiger partial charge in [0, 0.05) is 11.5 Å². The number of aliphatic carboxylic acids is 1. The number of carbonyl (C=O) groups excluding carboxylic acids is 1. The van der Waals surface area contributed by atoms with Gasteiger partial charge in [-0.2, -0.15) is 0 Å². The van der Waals surface area contributed by atoms with Crippen molar-refractivity contribution >= 4 is 29.0 Å². The van der Waals surface area contributed by atoms with Crippen LogP contribution < -0.4 is 14.4 Å². The Labute approximate surface area is 238 Å². The van der Waals surface area contributed by atoms with Gasteiger partial charge >= 0.3 is 5.97 Å². The predicted molar refractivity (Wildman–Crippen MR) is 156 cm³/mol. The summed E-state index contributed by atoms with van der Waals surface area (Å²) in [5, 5.41) is 17.9. The van der Waals surface area contributed by atoms with Gasteiger partial charge in [0.2, 0.25) is 6.41 Å². The Morgan fingerprint density at radius 2 is 1.54 bits per heavy atom. The van der Waals surface area contributed by atoms with E-state index in [0.29, 0.717) is 46.8 Å². The Balaban J connectivity index is 1.48. The molecule has 1 amide bonds. The molecule has 4 saturated carbocycles. The number of rotatable bonds is 8. The standard InChI is InChI=1S/C33H33N3O5/c1-40-28-11-6-12-29(41-2)31(28)27-18-30(34-36(27)26-10-5-8-22-7-3-4-9-25(22)26)35(19-37)33(32(38)39)23-14-20-13-21(16-23)17-24(33)15-20/h3-12,18-21,23-24H,13-17H2,1-2H3,(H,38,39). The summed E-state index contributed by atoms with van der Waals surface area (Å²) in [6.07, 6.45) is 5.20. The van der Waals surface area contributed by atoms with E-state index in [2.05, 4.69) is 0 Å². The highest BCUT2D eigenvalue weighted by atomic mass is 16.5. The molecule has 4 bridgehead atoms. The molecule has 4 aliphatic carbocycles. The van der Waals surface area contributed by atoms with E-state index >= 15 is 0 Å². The van der Waals surface area contributed by atoms with Crippen LogP contribution in [0.5, 0.6) is 11.5 Å². The summed E-state index contributed by atoms with van der Waals surface area (Å²) < 4.78 is 13.3. The number of nitrogens with zero attached hydrogens (tertiary/aromatic N) is 3. The molecule has 1 aromatic heterocycles. The molecule has 8 nitrogen and oxygen atoms in total. The number of hydrogen-bond acceptors (Lipinski definition) is 5. The number of hydrogen-bond donors (Lipinski definition) is 1. The van der Waals surface area contributed by atoms with Crippen molar-refractivity contribution in [3.63, 3.8) is 0 Å². The zero-order chi connectivity index (χ0) is 28.3. The van der Waals surface area contributed by atoms with Gasteiger partial charge in [-0.25, -0.2) is 9.48 Å². The van der Waals surface area contributed by atoms with Gasteiger partial charge in [-0.05, 0) is 79.4 Å². The number of amides is 1. The smallest absolute Gasteiger partial charge is 0.330 e. The summed E-state index contributed by atoms with van der Waals surface area (Å²) in [5.74, 6) is 1.41. The maximum Gasteiger partial charge on any atom is 0.330 e. The van der Waals surface area contributed by atoms with Gasteiger partial charge in [0.25, 0.3) is 0 Å². The zero-order valence-corrected chi connectivity index (χ0v) is 23.2. The average Bonchev–Trinajstić information content (AvgIpc) is 3.41. The van der Waals surface area contributed by atoms with E-state index < -0.39 is 11.5 Å². The molecule has 3 aromatic carbocycles. The molecule has 4 aliphatic rings. The Morgan fingerprint density at radius 3 is 2.15 bits per heavy atom. The van der Waals surface area contributed by atoms with E-state index in [9.17, 15) is 14.7 Å². The number of methoxy groups -OCH3 is 2. The third-order valence-corrected chi connectivity index (χ3v) is 9.85. The van der Waals surface area contributed by atoms with E-state index in [-0.39, 0.29) is 11.8 Å². The van der Waals surface area contributed by atoms with E-state index in [1.54, 1.807) is 18.9 Å². The minimum absolute atomic E-state index is 0.103. The van der Waals surface area contributed by atoms with Gasteiger partial charge in [-0.1, -0.05) is 42.5 Å². The molecule has 0 radical (unpaired) electrons. The van der Waals surface area contributed by atoms with Crippen LogP contribution in [0, 0.1) is 23.7 Å². The molecule has 4 fully saturated rings. The van der Waals surface area contributed by atoms with Crippen molar-refractivity contribution < 1.29 is 24.2 Å². The van der Waals surface area contributed by atoms with Crippen LogP contribution in [0.4, 0.5) is 5.82 Å². The number of ether oxygens (including phenoxy) is 2. The molecule has 210 valence electrons. The van der Waals surface area contributed by atoms with E-state index in [1.165, 1.54) is 11.3 Å². The van der Waals surface area contributed by atoms with Crippen molar-refractivity contribution in [3.05, 3.63) is 66.7 Å². The lowest BCUT2D eigenvalue weighted by Crippen LogP contribution is -2.70. The molecule has 4 aromatic rings. The highest BCUT2D eigenvalue weighted by molar-refractivity contribution is 5.95. The normalized spacial score (nSPS) is 26.2. The van der Waals surface area contributed by atoms with Gasteiger partial charge in [-0.15, -0.1) is 5.10 Å². The summed E-state index contributed by atoms with van der Waals surface area (Å²) in [6.45, 7) is 0. The predicted octanol–water partition coefficient (Wildman–Crippen LogP) is 5.95. The second-order valence-corrected chi connectivity index (χ2v) is 11.7. The molecule has 8 heteroatoms. The summed E-state index contributed by atoms with van der Waals surface area (Å²) in [7, 11) is 3.20. The van der Waals surface area contributed by atoms with Gasteiger partial charge in [0.1, 0.15) is 11.5 Å². The summed E-state index contributed by atoms with van der Waals surface area (Å²) in [4.78, 5) is 27.8. The van der Waals surface area contributed by atoms with E-state index in [1.807, 2.05) is 66.7 Å². The van der Waals surface area contributed by atoms with Crippen LogP contribution in [0.15, 0.2) is 66.7 Å². The molecule has 0 spiro atoms. The number of anilines is 1. The largest absolute Gasteiger partial charge is 0.496 e. The molecule has 0 atom stereocenters. The lowest BCUT2D eigenvalue weighted by atomic mass is 9.48. The van der Waals surface area contributed by atoms with Crippen LogP contribution in [0.25, 0.3) is 27.7 Å². The van der Waals surface area contributed by atoms with Crippen molar-refractivity contribution in [1.82, 2.24) is 9.78 Å². The Bertz CT molecular complexity index is 1600. The van der Waals surface area contributed by atoms with Crippen LogP contribution in [0.3, 0.4) is 0 Å². The lowest BCUT2D eigenvalue weighted by Gasteiger charge is -2.61. The average molecular weight is 552 g/mol. The highest BCUT2D eigenvalue weighted by Gasteiger charge is 2.64. The highest BCUT2D eigenvalue weighted by Crippen LogP contribution is 2.60. The molecule has 1 heterocycles. The van der Waals surface area contributed by atoms with Crippen molar-refractivity contribution in [3.8, 4) is 28.4 Å². The fourth-order valence-corrected chi connectivity index (χ4v) is 8.42. The topological polar surface area (TPSA) is 93.9 Å². The Kier molecular flexibility index (Phi) is 6.03. The first-order valence-electron chi connectivity index (χ1n) is 14.3. The van der Waals surface area contributed by atoms with Crippen LogP contribution in [0.1, 0.15) is 32.1 Å². The van der Waals surface area contributed by atoms with Crippen molar-refractivity contribution in [2.24, 2.45) is 23.7 Å². The van der Waals surface area contributed by atoms with Gasteiger partial charge < -0.3 is 14.6 Å². The number of carboxylic acids is 1. The van der Waals surface area contributed by atoms with Crippen LogP contribution in [-0.2, 0) is 9.59 Å². The van der Waals surface area contributed by atoms with E-state index in [0.717, 1.165) is 42.1 Å². The fraction of sp³-hybridized carbons (Fsp3) is 0.364. The first kappa shape index (κ1) is 25.6. The number of fused-ring (bicyclic) bond motifs is 1. The summed E-state index contributed by atoms with van der Waals surface area (Å²) >= 11 is 0. The SMILES string of the molecule is COc1cccc(OC)c1-c1cc(N(C=O)C2(C(=O)O)C3CC4CC(C3)CC2C4)nn1-c1cccc2ccccc12. The summed E-state index contributed by atoms with van der Waals surface area (Å²) in [6, 6.07) is 21.4. The van der Waals surface area contributed by atoms with Crippen LogP contribution in [0.2, 0.25) is 0 Å². The Morgan fingerprint density at radius 1 is 0.927 bits per heavy atom. The second-order valence-electron chi connectivity index (χ2n) is 11.7. The van der Waals surface area contributed by atoms with E-state index in [4.69, 9.17) is 14.6 Å². The molecule has 0 aliphatic heterocycles. The van der Waals surface area contributed by atoms with Gasteiger partial charge in [0.05, 0.1) is 31.2 Å². The molecule has 0 unspecified atom stereocenters. The fourth-order valence-electron chi connectivity index (χ4n) is 8.42. The number of carbonyl (C=O) groups is 2. The van der Waals surface area contributed by atoms with Gasteiger partial charge in [-0.3, -0.25) is 9.69 Å². The third-order valence-electron chi connectivity index (χ3n) is 9.85. The van der Waals surface area contributed by atoms with Crippen LogP contribution in [-0.4, -0.2) is 47.0 Å². The lowest BCUT2D eigenvalue weighted by molar-refractivity contribution is -0.161. The maximum atomic E-state index is 13.3. The van der Waals surface area contributed by atoms with Crippen molar-refractivity contribution in [2.75, 3.05) is 19.1 Å². The first-order valence-corrected chi connectivity index (χ1v) is 14.3. The molecule has 1 N–H and O–H groups in total. The number of carboxylic acid groups (broad SMARTS) is 1. The molecule has 0 saturated heterocycles. The van der Waals surface area contributed by atoms with Crippen molar-refractivity contribution in [2.45, 2.75) is 37.6 Å². The summed E-state index contributed by atoms with van der Waals surface area (Å²) in [5.41, 5.74) is 0.791. The number of benzene rings is 3. The molecular weight excluding hydrogens is 518 g/mol. The Hall–Kier alpha value is -4.33. The second kappa shape index (κ2) is 9.65. The third kappa shape index (κ3) is 3.69. The quantitative estimate of drug-likeness (QED) is 0.272. The zero-order valence-electron chi connectivity index (χ0n) is 23.2. The molecule has 8 rings (SSSR count). The molecular formula is C33H33N3O5. The minimum Gasteiger partial charge on any atom is -0.496 e. The van der Waals surface area contributed by atoms with Gasteiger partial charge in [0.15, 0.2) is 11.4 Å². The maximum absolute atomic E-state index is 13.3. The van der Waals surface area contributed by atoms with Crippen LogP contribution >= 0.6 is 0 Å². The monoisotopic (exact) mass is 551 g/mol.